The molecule has 0 saturated carbocycles. The van der Waals surface area contributed by atoms with Crippen LogP contribution in [0.2, 0.25) is 10.0 Å². The Morgan fingerprint density at radius 3 is 2.45 bits per heavy atom. The second-order valence-electron chi connectivity index (χ2n) is 6.48. The molecule has 31 heavy (non-hydrogen) atoms. The number of benzene rings is 3. The van der Waals surface area contributed by atoms with Crippen LogP contribution in [0.3, 0.4) is 0 Å². The maximum absolute atomic E-state index is 12.7. The van der Waals surface area contributed by atoms with Gasteiger partial charge in [-0.25, -0.2) is 0 Å². The molecule has 0 fully saturated rings. The highest BCUT2D eigenvalue weighted by Gasteiger charge is 2.19. The largest absolute Gasteiger partial charge is 0.483 e. The number of halogens is 2. The summed E-state index contributed by atoms with van der Waals surface area (Å²) in [6.45, 7) is -0.255. The fourth-order valence-corrected chi connectivity index (χ4v) is 3.24. The molecule has 158 valence electrons. The maximum Gasteiger partial charge on any atom is 0.262 e. The minimum atomic E-state index is -0.467. The third-order valence-corrected chi connectivity index (χ3v) is 4.86. The Morgan fingerprint density at radius 2 is 1.68 bits per heavy atom. The summed E-state index contributed by atoms with van der Waals surface area (Å²) in [5.41, 5.74) is 1.18. The predicted octanol–water partition coefficient (Wildman–Crippen LogP) is 4.99. The molecule has 0 unspecified atom stereocenters. The lowest BCUT2D eigenvalue weighted by Crippen LogP contribution is -2.22. The lowest BCUT2D eigenvalue weighted by molar-refractivity contribution is -0.118. The highest BCUT2D eigenvalue weighted by Crippen LogP contribution is 2.39. The number of hydrogen-bond acceptors (Lipinski definition) is 5. The molecule has 3 aromatic carbocycles. The van der Waals surface area contributed by atoms with E-state index < -0.39 is 11.8 Å². The lowest BCUT2D eigenvalue weighted by Gasteiger charge is -2.13. The van der Waals surface area contributed by atoms with Crippen LogP contribution in [0.25, 0.3) is 0 Å². The number of carbonyl (C=O) groups excluding carboxylic acids is 2. The molecule has 0 aliphatic carbocycles. The number of carbonyl (C=O) groups is 2. The summed E-state index contributed by atoms with van der Waals surface area (Å²) < 4.78 is 16.1. The first-order chi connectivity index (χ1) is 15.0. The molecule has 0 spiro atoms. The van der Waals surface area contributed by atoms with Gasteiger partial charge in [0.2, 0.25) is 6.79 Å². The Bertz CT molecular complexity index is 1140. The van der Waals surface area contributed by atoms with Crippen molar-refractivity contribution in [1.82, 2.24) is 0 Å². The lowest BCUT2D eigenvalue weighted by atomic mass is 10.2. The minimum absolute atomic E-state index is 0.0938. The van der Waals surface area contributed by atoms with Gasteiger partial charge >= 0.3 is 0 Å². The van der Waals surface area contributed by atoms with E-state index in [4.69, 9.17) is 37.4 Å². The van der Waals surface area contributed by atoms with Gasteiger partial charge in [-0.05, 0) is 30.3 Å². The van der Waals surface area contributed by atoms with Crippen molar-refractivity contribution in [1.29, 1.82) is 0 Å². The van der Waals surface area contributed by atoms with Crippen LogP contribution in [0.5, 0.6) is 17.2 Å². The molecule has 1 heterocycles. The third-order valence-electron chi connectivity index (χ3n) is 4.31. The first-order valence-corrected chi connectivity index (χ1v) is 9.93. The molecule has 4 rings (SSSR count). The second kappa shape index (κ2) is 9.16. The molecule has 1 aliphatic rings. The molecule has 7 nitrogen and oxygen atoms in total. The van der Waals surface area contributed by atoms with Crippen molar-refractivity contribution in [3.63, 3.8) is 0 Å². The second-order valence-corrected chi connectivity index (χ2v) is 7.33. The Labute approximate surface area is 187 Å². The average molecular weight is 459 g/mol. The first kappa shape index (κ1) is 20.8. The van der Waals surface area contributed by atoms with Gasteiger partial charge in [-0.3, -0.25) is 9.59 Å². The van der Waals surface area contributed by atoms with Crippen LogP contribution in [-0.2, 0) is 4.79 Å². The molecule has 2 amide bonds. The van der Waals surface area contributed by atoms with E-state index in [0.29, 0.717) is 32.9 Å². The predicted molar refractivity (Wildman–Crippen MR) is 118 cm³/mol. The van der Waals surface area contributed by atoms with Gasteiger partial charge in [-0.15, -0.1) is 0 Å². The number of ether oxygens (including phenoxy) is 3. The molecule has 0 atom stereocenters. The van der Waals surface area contributed by atoms with Crippen molar-refractivity contribution in [3.8, 4) is 17.2 Å². The van der Waals surface area contributed by atoms with E-state index in [9.17, 15) is 9.59 Å². The monoisotopic (exact) mass is 458 g/mol. The molecular weight excluding hydrogens is 443 g/mol. The van der Waals surface area contributed by atoms with Crippen molar-refractivity contribution >= 4 is 46.4 Å². The Hall–Kier alpha value is -3.42. The van der Waals surface area contributed by atoms with Crippen LogP contribution in [-0.4, -0.2) is 25.2 Å². The summed E-state index contributed by atoms with van der Waals surface area (Å²) in [6, 6.07) is 16.7. The van der Waals surface area contributed by atoms with E-state index in [1.165, 1.54) is 12.1 Å². The van der Waals surface area contributed by atoms with Crippen molar-refractivity contribution in [2.45, 2.75) is 0 Å². The molecule has 9 heteroatoms. The van der Waals surface area contributed by atoms with Crippen molar-refractivity contribution in [2.75, 3.05) is 24.0 Å². The van der Waals surface area contributed by atoms with Crippen molar-refractivity contribution < 1.29 is 23.8 Å². The van der Waals surface area contributed by atoms with Gasteiger partial charge in [-0.1, -0.05) is 41.4 Å². The molecule has 0 bridgehead atoms. The van der Waals surface area contributed by atoms with Crippen LogP contribution < -0.4 is 24.8 Å². The highest BCUT2D eigenvalue weighted by atomic mass is 35.5. The minimum Gasteiger partial charge on any atom is -0.483 e. The van der Waals surface area contributed by atoms with Gasteiger partial charge in [0, 0.05) is 22.8 Å². The zero-order valence-corrected chi connectivity index (χ0v) is 17.5. The van der Waals surface area contributed by atoms with Gasteiger partial charge in [0.1, 0.15) is 5.75 Å². The summed E-state index contributed by atoms with van der Waals surface area (Å²) >= 11 is 12.2. The first-order valence-electron chi connectivity index (χ1n) is 9.17. The fourth-order valence-electron chi connectivity index (χ4n) is 2.87. The summed E-state index contributed by atoms with van der Waals surface area (Å²) in [6.07, 6.45) is 0. The average Bonchev–Trinajstić information content (AvgIpc) is 3.20. The molecule has 2 N–H and O–H groups in total. The zero-order valence-electron chi connectivity index (χ0n) is 16.0. The van der Waals surface area contributed by atoms with E-state index >= 15 is 0 Å². The zero-order chi connectivity index (χ0) is 21.8. The Balaban J connectivity index is 1.44. The molecular formula is C22H16Cl2N2O5. The van der Waals surface area contributed by atoms with E-state index in [-0.39, 0.29) is 24.7 Å². The number of anilines is 2. The maximum atomic E-state index is 12.7. The number of amides is 2. The van der Waals surface area contributed by atoms with Crippen molar-refractivity contribution in [3.05, 3.63) is 76.3 Å². The number of rotatable bonds is 6. The molecule has 3 aromatic rings. The van der Waals surface area contributed by atoms with Gasteiger partial charge in [-0.2, -0.15) is 0 Å². The Kier molecular flexibility index (Phi) is 6.16. The van der Waals surface area contributed by atoms with Gasteiger partial charge in [0.05, 0.1) is 16.3 Å². The number of para-hydroxylation sites is 1. The molecule has 1 aliphatic heterocycles. The van der Waals surface area contributed by atoms with Crippen LogP contribution in [0.4, 0.5) is 11.4 Å². The third kappa shape index (κ3) is 5.02. The van der Waals surface area contributed by atoms with Gasteiger partial charge in [0.15, 0.2) is 18.1 Å². The van der Waals surface area contributed by atoms with Crippen LogP contribution >= 0.6 is 23.2 Å². The van der Waals surface area contributed by atoms with Crippen LogP contribution in [0.1, 0.15) is 10.4 Å². The molecule has 0 saturated heterocycles. The Morgan fingerprint density at radius 1 is 0.935 bits per heavy atom. The summed E-state index contributed by atoms with van der Waals surface area (Å²) in [5.74, 6) is 0.325. The summed E-state index contributed by atoms with van der Waals surface area (Å²) in [5, 5.41) is 6.08. The topological polar surface area (TPSA) is 85.9 Å². The summed E-state index contributed by atoms with van der Waals surface area (Å²) in [7, 11) is 0. The number of nitrogens with one attached hydrogen (secondary N) is 2. The quantitative estimate of drug-likeness (QED) is 0.543. The van der Waals surface area contributed by atoms with E-state index in [1.807, 2.05) is 6.07 Å². The van der Waals surface area contributed by atoms with Crippen LogP contribution in [0.15, 0.2) is 60.7 Å². The standard InChI is InChI=1S/C22H16Cl2N2O5/c23-13-6-7-18(15(8-13)22(28)25-14-4-2-1-3-5-14)29-11-21(27)26-17-10-20-19(9-16(17)24)30-12-31-20/h1-10H,11-12H2,(H,25,28)(H,26,27). The molecule has 0 aromatic heterocycles. The van der Waals surface area contributed by atoms with E-state index in [0.717, 1.165) is 0 Å². The smallest absolute Gasteiger partial charge is 0.262 e. The normalized spacial score (nSPS) is 11.7. The van der Waals surface area contributed by atoms with Crippen molar-refractivity contribution in [2.24, 2.45) is 0 Å². The summed E-state index contributed by atoms with van der Waals surface area (Å²) in [4.78, 5) is 25.1. The van der Waals surface area contributed by atoms with Crippen LogP contribution in [0, 0.1) is 0 Å². The molecule has 0 radical (unpaired) electrons. The van der Waals surface area contributed by atoms with E-state index in [2.05, 4.69) is 10.6 Å². The fraction of sp³-hybridized carbons (Fsp3) is 0.0909. The number of fused-ring (bicyclic) bond motifs is 1. The highest BCUT2D eigenvalue weighted by molar-refractivity contribution is 6.34. The van der Waals surface area contributed by atoms with Gasteiger partial charge < -0.3 is 24.8 Å². The number of hydrogen-bond donors (Lipinski definition) is 2. The van der Waals surface area contributed by atoms with Gasteiger partial charge in [0.25, 0.3) is 11.8 Å². The van der Waals surface area contributed by atoms with E-state index in [1.54, 1.807) is 42.5 Å². The SMILES string of the molecule is O=C(COc1ccc(Cl)cc1C(=O)Nc1ccccc1)Nc1cc2c(cc1Cl)OCO2.